The second-order valence-electron chi connectivity index (χ2n) is 10.1. The molecule has 2 rings (SSSR count). The fourth-order valence-electron chi connectivity index (χ4n) is 5.50. The number of fused-ring (bicyclic) bond motifs is 2. The van der Waals surface area contributed by atoms with Gasteiger partial charge in [-0.25, -0.2) is 0 Å². The summed E-state index contributed by atoms with van der Waals surface area (Å²) < 4.78 is 6.71. The van der Waals surface area contributed by atoms with Crippen molar-refractivity contribution in [1.82, 2.24) is 4.90 Å². The molecular weight excluding hydrogens is 449 g/mol. The highest BCUT2D eigenvalue weighted by molar-refractivity contribution is 14.1. The highest BCUT2D eigenvalue weighted by atomic mass is 127. The number of nitrogens with zero attached hydrogens (tertiary/aromatic N) is 1. The van der Waals surface area contributed by atoms with Crippen LogP contribution in [0.1, 0.15) is 66.2 Å². The van der Waals surface area contributed by atoms with Gasteiger partial charge < -0.3 is 14.7 Å². The Hall–Kier alpha value is 0.610. The average Bonchev–Trinajstić information content (AvgIpc) is 2.98. The fourth-order valence-corrected chi connectivity index (χ4v) is 6.95. The molecule has 0 aromatic carbocycles. The summed E-state index contributed by atoms with van der Waals surface area (Å²) in [7, 11) is 2.29. The summed E-state index contributed by atoms with van der Waals surface area (Å²) >= 11 is 2.84. The Kier molecular flexibility index (Phi) is 9.84. The number of aliphatic hydroxyl groups is 1. The molecule has 6 atom stereocenters. The van der Waals surface area contributed by atoms with E-state index in [-0.39, 0.29) is 6.61 Å². The second kappa shape index (κ2) is 11.1. The number of rotatable bonds is 11. The first-order chi connectivity index (χ1) is 12.8. The van der Waals surface area contributed by atoms with Gasteiger partial charge in [0, 0.05) is 30.3 Å². The van der Waals surface area contributed by atoms with Crippen molar-refractivity contribution in [3.63, 3.8) is 0 Å². The van der Waals surface area contributed by atoms with Gasteiger partial charge in [0.2, 0.25) is 0 Å². The normalized spacial score (nSPS) is 35.0. The van der Waals surface area contributed by atoms with E-state index in [1.54, 1.807) is 0 Å². The van der Waals surface area contributed by atoms with Gasteiger partial charge in [0.15, 0.2) is 0 Å². The summed E-state index contributed by atoms with van der Waals surface area (Å²) in [4.78, 5) is 2.52. The molecule has 0 aliphatic heterocycles. The lowest BCUT2D eigenvalue weighted by Crippen LogP contribution is -2.40. The fraction of sp³-hybridized carbons (Fsp3) is 1.00. The Morgan fingerprint density at radius 2 is 2.04 bits per heavy atom. The summed E-state index contributed by atoms with van der Waals surface area (Å²) in [6, 6.07) is 0. The molecule has 2 aliphatic rings. The quantitative estimate of drug-likeness (QED) is 0.243. The van der Waals surface area contributed by atoms with Crippen molar-refractivity contribution in [2.45, 2.75) is 70.1 Å². The molecule has 0 spiro atoms. The topological polar surface area (TPSA) is 32.7 Å². The zero-order valence-electron chi connectivity index (χ0n) is 18.4. The zero-order valence-corrected chi connectivity index (χ0v) is 20.6. The third kappa shape index (κ3) is 6.55. The Morgan fingerprint density at radius 3 is 2.67 bits per heavy atom. The van der Waals surface area contributed by atoms with Gasteiger partial charge in [-0.05, 0) is 87.1 Å². The summed E-state index contributed by atoms with van der Waals surface area (Å²) in [5.74, 6) is 4.02. The monoisotopic (exact) mass is 493 g/mol. The van der Waals surface area contributed by atoms with Crippen LogP contribution in [-0.4, -0.2) is 53.9 Å². The van der Waals surface area contributed by atoms with Crippen LogP contribution in [0.15, 0.2) is 0 Å². The highest BCUT2D eigenvalue weighted by Crippen LogP contribution is 2.55. The van der Waals surface area contributed by atoms with Crippen LogP contribution in [-0.2, 0) is 4.74 Å². The van der Waals surface area contributed by atoms with Crippen LogP contribution in [0.5, 0.6) is 0 Å². The first kappa shape index (κ1) is 23.9. The van der Waals surface area contributed by atoms with Crippen molar-refractivity contribution in [3.05, 3.63) is 0 Å². The Morgan fingerprint density at radius 1 is 1.30 bits per heavy atom. The number of hydrogen-bond acceptors (Lipinski definition) is 3. The third-order valence-corrected chi connectivity index (χ3v) is 9.98. The number of aliphatic hydroxyl groups excluding tert-OH is 1. The molecular formula is C23H44INO2. The molecule has 1 N–H and O–H groups in total. The molecule has 0 heterocycles. The maximum Gasteiger partial charge on any atom is 0.0496 e. The van der Waals surface area contributed by atoms with Crippen molar-refractivity contribution >= 4 is 22.6 Å². The van der Waals surface area contributed by atoms with E-state index in [2.05, 4.69) is 62.2 Å². The highest BCUT2D eigenvalue weighted by Gasteiger charge is 2.49. The standard InChI is InChI=1S/C23H44INO2/c1-6-25(5)15-19-12-18-8-9-23(4,22(24)21(19)13-18)14-20(17(2)3)16-27-11-7-10-26/h17-22,26H,6-16H2,1-5H3. The second-order valence-corrected chi connectivity index (χ2v) is 11.4. The van der Waals surface area contributed by atoms with Crippen molar-refractivity contribution in [2.75, 3.05) is 40.0 Å². The van der Waals surface area contributed by atoms with E-state index in [0.717, 1.165) is 41.3 Å². The van der Waals surface area contributed by atoms with Crippen molar-refractivity contribution in [2.24, 2.45) is 35.0 Å². The predicted octanol–water partition coefficient (Wildman–Crippen LogP) is 5.25. The summed E-state index contributed by atoms with van der Waals surface area (Å²) in [5.41, 5.74) is 0.429. The van der Waals surface area contributed by atoms with Crippen LogP contribution in [0, 0.1) is 35.0 Å². The van der Waals surface area contributed by atoms with Gasteiger partial charge >= 0.3 is 0 Å². The third-order valence-electron chi connectivity index (χ3n) is 7.55. The molecule has 27 heavy (non-hydrogen) atoms. The summed E-state index contributed by atoms with van der Waals surface area (Å²) in [6.07, 6.45) is 7.78. The SMILES string of the molecule is CCN(C)CC1CC2CCC(C)(CC(COCCCO)C(C)C)C(I)C1C2. The Labute approximate surface area is 182 Å². The van der Waals surface area contributed by atoms with Crippen molar-refractivity contribution in [3.8, 4) is 0 Å². The Balaban J connectivity index is 2.03. The van der Waals surface area contributed by atoms with Gasteiger partial charge in [-0.2, -0.15) is 0 Å². The largest absolute Gasteiger partial charge is 0.396 e. The van der Waals surface area contributed by atoms with Gasteiger partial charge in [-0.3, -0.25) is 0 Å². The predicted molar refractivity (Wildman–Crippen MR) is 123 cm³/mol. The number of ether oxygens (including phenoxy) is 1. The smallest absolute Gasteiger partial charge is 0.0496 e. The minimum atomic E-state index is 0.233. The first-order valence-corrected chi connectivity index (χ1v) is 12.6. The van der Waals surface area contributed by atoms with Gasteiger partial charge in [0.25, 0.3) is 0 Å². The van der Waals surface area contributed by atoms with E-state index in [9.17, 15) is 0 Å². The summed E-state index contributed by atoms with van der Waals surface area (Å²) in [5, 5.41) is 8.99. The van der Waals surface area contributed by atoms with Crippen LogP contribution in [0.3, 0.4) is 0 Å². The molecule has 2 aliphatic carbocycles. The lowest BCUT2D eigenvalue weighted by atomic mass is 9.68. The van der Waals surface area contributed by atoms with E-state index in [1.165, 1.54) is 38.6 Å². The molecule has 0 aromatic heterocycles. The van der Waals surface area contributed by atoms with E-state index in [1.807, 2.05) is 0 Å². The van der Waals surface area contributed by atoms with E-state index < -0.39 is 0 Å². The molecule has 2 fully saturated rings. The van der Waals surface area contributed by atoms with Crippen molar-refractivity contribution in [1.29, 1.82) is 0 Å². The molecule has 0 saturated heterocycles. The maximum absolute atomic E-state index is 8.99. The Bertz CT molecular complexity index is 433. The molecule has 2 bridgehead atoms. The van der Waals surface area contributed by atoms with E-state index in [0.29, 0.717) is 23.9 Å². The summed E-state index contributed by atoms with van der Waals surface area (Å²) in [6.45, 7) is 13.8. The zero-order chi connectivity index (χ0) is 20.0. The molecule has 2 saturated carbocycles. The molecule has 6 unspecified atom stereocenters. The van der Waals surface area contributed by atoms with Gasteiger partial charge in [0.05, 0.1) is 0 Å². The van der Waals surface area contributed by atoms with Crippen molar-refractivity contribution < 1.29 is 9.84 Å². The van der Waals surface area contributed by atoms with Gasteiger partial charge in [0.1, 0.15) is 0 Å². The van der Waals surface area contributed by atoms with Gasteiger partial charge in [-0.15, -0.1) is 0 Å². The molecule has 3 nitrogen and oxygen atoms in total. The average molecular weight is 494 g/mol. The molecule has 160 valence electrons. The molecule has 0 amide bonds. The number of hydrogen-bond donors (Lipinski definition) is 1. The van der Waals surface area contributed by atoms with Crippen LogP contribution < -0.4 is 0 Å². The first-order valence-electron chi connectivity index (χ1n) is 11.3. The van der Waals surface area contributed by atoms with Crippen LogP contribution >= 0.6 is 22.6 Å². The molecule has 0 radical (unpaired) electrons. The number of alkyl halides is 1. The minimum absolute atomic E-state index is 0.233. The van der Waals surface area contributed by atoms with Crippen LogP contribution in [0.2, 0.25) is 0 Å². The molecule has 0 aromatic rings. The van der Waals surface area contributed by atoms with E-state index in [4.69, 9.17) is 9.84 Å². The van der Waals surface area contributed by atoms with Gasteiger partial charge in [-0.1, -0.05) is 50.3 Å². The minimum Gasteiger partial charge on any atom is -0.396 e. The molecule has 4 heteroatoms. The van der Waals surface area contributed by atoms with Crippen LogP contribution in [0.4, 0.5) is 0 Å². The lowest BCUT2D eigenvalue weighted by Gasteiger charge is -2.43. The number of halogens is 1. The maximum atomic E-state index is 8.99. The van der Waals surface area contributed by atoms with Crippen LogP contribution in [0.25, 0.3) is 0 Å². The lowest BCUT2D eigenvalue weighted by molar-refractivity contribution is 0.0442. The van der Waals surface area contributed by atoms with E-state index >= 15 is 0 Å².